The molecule has 0 fully saturated rings. The molecule has 0 aliphatic heterocycles. The van der Waals surface area contributed by atoms with E-state index in [4.69, 9.17) is 0 Å². The highest BCUT2D eigenvalue weighted by Crippen LogP contribution is 2.22. The first-order valence-electron chi connectivity index (χ1n) is 10.6. The Morgan fingerprint density at radius 3 is 1.47 bits per heavy atom. The second kappa shape index (κ2) is 11.6. The van der Waals surface area contributed by atoms with Gasteiger partial charge in [0.2, 0.25) is 0 Å². The molecular weight excluding hydrogens is 468 g/mol. The van der Waals surface area contributed by atoms with Gasteiger partial charge in [0.25, 0.3) is 11.8 Å². The number of carbonyl (C=O) groups excluding carboxylic acids is 2. The molecule has 6 N–H and O–H groups in total. The van der Waals surface area contributed by atoms with E-state index < -0.39 is 11.8 Å². The van der Waals surface area contributed by atoms with Crippen LogP contribution >= 0.6 is 0 Å². The van der Waals surface area contributed by atoms with E-state index >= 15 is 0 Å². The van der Waals surface area contributed by atoms with E-state index in [0.717, 1.165) is 0 Å². The fourth-order valence-electron chi connectivity index (χ4n) is 3.06. The molecule has 0 atom stereocenters. The lowest BCUT2D eigenvalue weighted by Crippen LogP contribution is -2.20. The molecule has 0 radical (unpaired) electrons. The number of aromatic nitrogens is 2. The summed E-state index contributed by atoms with van der Waals surface area (Å²) < 4.78 is 0. The normalized spacial score (nSPS) is 11.2. The lowest BCUT2D eigenvalue weighted by molar-refractivity contribution is 0.0943. The second-order valence-electron chi connectivity index (χ2n) is 7.55. The highest BCUT2D eigenvalue weighted by Gasteiger charge is 2.12. The van der Waals surface area contributed by atoms with Gasteiger partial charge in [0.15, 0.2) is 0 Å². The molecule has 186 valence electrons. The summed E-state index contributed by atoms with van der Waals surface area (Å²) in [5.41, 5.74) is 6.91. The number of nitrogens with zero attached hydrogens (tertiary/aromatic N) is 4. The molecule has 2 aromatic heterocycles. The number of hydrogen-bond acceptors (Lipinski definition) is 10. The Labute approximate surface area is 205 Å². The van der Waals surface area contributed by atoms with Crippen molar-refractivity contribution < 1.29 is 30.0 Å². The molecular formula is C24H24N6O6. The highest BCUT2D eigenvalue weighted by molar-refractivity contribution is 5.98. The zero-order valence-corrected chi connectivity index (χ0v) is 19.4. The van der Waals surface area contributed by atoms with Crippen molar-refractivity contribution in [1.82, 2.24) is 20.8 Å². The van der Waals surface area contributed by atoms with Gasteiger partial charge >= 0.3 is 0 Å². The standard InChI is InChI=1S/C24H24N6O6/c1-13-21(33)19(17(11-31)7-25-13)9-27-29-23(35)15-3-5-16(6-4-15)24(36)30-28-10-20-18(12-32)8-26-14(2)22(20)34/h3-10,31-34H,11-12H2,1-2H3,(H,29,35)(H,30,36)/b27-9+,28-10+. The SMILES string of the molecule is Cc1ncc(CO)c(/C=N/NC(=O)c2ccc(C(=O)N/N=C/c3c(CO)cnc(C)c3O)cc2)c1O. The molecule has 0 bridgehead atoms. The molecule has 1 aromatic carbocycles. The second-order valence-corrected chi connectivity index (χ2v) is 7.55. The van der Waals surface area contributed by atoms with Crippen LogP contribution in [0.4, 0.5) is 0 Å². The van der Waals surface area contributed by atoms with Crippen LogP contribution in [0.25, 0.3) is 0 Å². The number of nitrogens with one attached hydrogen (secondary N) is 2. The monoisotopic (exact) mass is 492 g/mol. The van der Waals surface area contributed by atoms with Crippen molar-refractivity contribution in [2.24, 2.45) is 10.2 Å². The van der Waals surface area contributed by atoms with Crippen molar-refractivity contribution in [3.63, 3.8) is 0 Å². The molecule has 12 nitrogen and oxygen atoms in total. The number of hydrazone groups is 2. The Morgan fingerprint density at radius 2 is 1.14 bits per heavy atom. The Balaban J connectivity index is 1.63. The number of aromatic hydroxyl groups is 2. The predicted octanol–water partition coefficient (Wildman–Crippen LogP) is 1.02. The minimum atomic E-state index is -0.563. The van der Waals surface area contributed by atoms with Gasteiger partial charge in [-0.3, -0.25) is 19.6 Å². The predicted molar refractivity (Wildman–Crippen MR) is 130 cm³/mol. The molecule has 3 aromatic rings. The van der Waals surface area contributed by atoms with Gasteiger partial charge in [-0.2, -0.15) is 10.2 Å². The van der Waals surface area contributed by atoms with Crippen molar-refractivity contribution >= 4 is 24.2 Å². The number of hydrogen-bond donors (Lipinski definition) is 6. The fraction of sp³-hybridized carbons (Fsp3) is 0.167. The first kappa shape index (κ1) is 25.9. The third-order valence-corrected chi connectivity index (χ3v) is 5.19. The van der Waals surface area contributed by atoms with Crippen LogP contribution in [0.5, 0.6) is 11.5 Å². The molecule has 2 amide bonds. The summed E-state index contributed by atoms with van der Waals surface area (Å²) in [4.78, 5) is 32.6. The third-order valence-electron chi connectivity index (χ3n) is 5.19. The van der Waals surface area contributed by atoms with Crippen LogP contribution in [0.1, 0.15) is 54.4 Å². The molecule has 2 heterocycles. The van der Waals surface area contributed by atoms with E-state index in [2.05, 4.69) is 31.0 Å². The minimum Gasteiger partial charge on any atom is -0.505 e. The van der Waals surface area contributed by atoms with E-state index in [1.54, 1.807) is 13.8 Å². The van der Waals surface area contributed by atoms with E-state index in [1.807, 2.05) is 0 Å². The summed E-state index contributed by atoms with van der Waals surface area (Å²) in [5, 5.41) is 46.6. The number of carbonyl (C=O) groups is 2. The number of aryl methyl sites for hydroxylation is 2. The van der Waals surface area contributed by atoms with Crippen LogP contribution in [-0.2, 0) is 13.2 Å². The Bertz CT molecular complexity index is 1240. The van der Waals surface area contributed by atoms with Crippen LogP contribution in [0, 0.1) is 13.8 Å². The van der Waals surface area contributed by atoms with Crippen molar-refractivity contribution in [1.29, 1.82) is 0 Å². The Morgan fingerprint density at radius 1 is 0.778 bits per heavy atom. The summed E-state index contributed by atoms with van der Waals surface area (Å²) in [6.07, 6.45) is 5.21. The zero-order chi connectivity index (χ0) is 26.2. The lowest BCUT2D eigenvalue weighted by atomic mass is 10.1. The third kappa shape index (κ3) is 5.87. The number of amides is 2. The topological polar surface area (TPSA) is 190 Å². The van der Waals surface area contributed by atoms with Gasteiger partial charge in [-0.05, 0) is 38.1 Å². The average Bonchev–Trinajstić information content (AvgIpc) is 2.89. The van der Waals surface area contributed by atoms with Crippen molar-refractivity contribution in [3.8, 4) is 11.5 Å². The van der Waals surface area contributed by atoms with Crippen LogP contribution in [-0.4, -0.2) is 54.6 Å². The summed E-state index contributed by atoms with van der Waals surface area (Å²) in [6, 6.07) is 5.66. The van der Waals surface area contributed by atoms with E-state index in [1.165, 1.54) is 49.1 Å². The number of pyridine rings is 2. The summed E-state index contributed by atoms with van der Waals surface area (Å²) in [6.45, 7) is 2.45. The average molecular weight is 492 g/mol. The minimum absolute atomic E-state index is 0.153. The number of aliphatic hydroxyl groups is 2. The van der Waals surface area contributed by atoms with Gasteiger partial charge in [0.05, 0.1) is 37.0 Å². The van der Waals surface area contributed by atoms with Crippen molar-refractivity contribution in [3.05, 3.63) is 81.4 Å². The molecule has 3 rings (SSSR count). The van der Waals surface area contributed by atoms with Crippen LogP contribution in [0.15, 0.2) is 46.9 Å². The maximum Gasteiger partial charge on any atom is 0.271 e. The van der Waals surface area contributed by atoms with E-state index in [-0.39, 0.29) is 47.0 Å². The smallest absolute Gasteiger partial charge is 0.271 e. The maximum absolute atomic E-state index is 12.3. The molecule has 0 aliphatic rings. The first-order valence-corrected chi connectivity index (χ1v) is 10.6. The molecule has 36 heavy (non-hydrogen) atoms. The van der Waals surface area contributed by atoms with Crippen molar-refractivity contribution in [2.45, 2.75) is 27.1 Å². The lowest BCUT2D eigenvalue weighted by Gasteiger charge is -2.07. The molecule has 12 heteroatoms. The van der Waals surface area contributed by atoms with Gasteiger partial charge in [0.1, 0.15) is 11.5 Å². The van der Waals surface area contributed by atoms with Crippen LogP contribution < -0.4 is 10.9 Å². The van der Waals surface area contributed by atoms with E-state index in [0.29, 0.717) is 22.5 Å². The molecule has 0 aliphatic carbocycles. The van der Waals surface area contributed by atoms with Gasteiger partial charge in [0, 0.05) is 45.8 Å². The zero-order valence-electron chi connectivity index (χ0n) is 19.4. The number of rotatable bonds is 8. The number of benzene rings is 1. The Kier molecular flexibility index (Phi) is 8.39. The largest absolute Gasteiger partial charge is 0.505 e. The van der Waals surface area contributed by atoms with Gasteiger partial charge < -0.3 is 20.4 Å². The maximum atomic E-state index is 12.3. The Hall–Kier alpha value is -4.68. The number of aliphatic hydroxyl groups excluding tert-OH is 2. The molecule has 0 unspecified atom stereocenters. The summed E-state index contributed by atoms with van der Waals surface area (Å²) >= 11 is 0. The molecule has 0 saturated heterocycles. The highest BCUT2D eigenvalue weighted by atomic mass is 16.3. The van der Waals surface area contributed by atoms with Gasteiger partial charge in [-0.25, -0.2) is 10.9 Å². The first-order chi connectivity index (χ1) is 17.3. The molecule has 0 spiro atoms. The van der Waals surface area contributed by atoms with Gasteiger partial charge in [-0.15, -0.1) is 0 Å². The van der Waals surface area contributed by atoms with Crippen LogP contribution in [0.3, 0.4) is 0 Å². The van der Waals surface area contributed by atoms with Crippen molar-refractivity contribution in [2.75, 3.05) is 0 Å². The molecule has 0 saturated carbocycles. The fourth-order valence-corrected chi connectivity index (χ4v) is 3.06. The summed E-state index contributed by atoms with van der Waals surface area (Å²) in [7, 11) is 0. The van der Waals surface area contributed by atoms with Crippen LogP contribution in [0.2, 0.25) is 0 Å². The van der Waals surface area contributed by atoms with E-state index in [9.17, 15) is 30.0 Å². The quantitative estimate of drug-likeness (QED) is 0.198. The summed E-state index contributed by atoms with van der Waals surface area (Å²) in [5.74, 6) is -1.43. The van der Waals surface area contributed by atoms with Gasteiger partial charge in [-0.1, -0.05) is 0 Å².